The van der Waals surface area contributed by atoms with Crippen molar-refractivity contribution in [2.24, 2.45) is 0 Å². The summed E-state index contributed by atoms with van der Waals surface area (Å²) in [6.45, 7) is 5.47. The van der Waals surface area contributed by atoms with Crippen LogP contribution in [-0.4, -0.2) is 33.3 Å². The third kappa shape index (κ3) is 3.46. The molecule has 0 bridgehead atoms. The van der Waals surface area contributed by atoms with Crippen LogP contribution in [0.25, 0.3) is 0 Å². The number of carboxylic acids is 1. The molecule has 0 atom stereocenters. The number of carboxylic acid groups (broad SMARTS) is 1. The van der Waals surface area contributed by atoms with Gasteiger partial charge in [0.05, 0.1) is 24.3 Å². The van der Waals surface area contributed by atoms with Crippen molar-refractivity contribution in [2.45, 2.75) is 32.7 Å². The predicted octanol–water partition coefficient (Wildman–Crippen LogP) is 1.26. The summed E-state index contributed by atoms with van der Waals surface area (Å²) in [6.07, 6.45) is -0.00919. The largest absolute Gasteiger partial charge is 0.481 e. The molecule has 6 heteroatoms. The fourth-order valence-corrected chi connectivity index (χ4v) is 2.24. The van der Waals surface area contributed by atoms with Gasteiger partial charge in [0.1, 0.15) is 0 Å². The number of nitrogens with zero attached hydrogens (tertiary/aromatic N) is 1. The van der Waals surface area contributed by atoms with Gasteiger partial charge in [-0.05, 0) is 20.8 Å². The van der Waals surface area contributed by atoms with Crippen LogP contribution in [0.15, 0.2) is 0 Å². The minimum Gasteiger partial charge on any atom is -0.481 e. The number of aliphatic hydroxyl groups excluding tert-OH is 1. The number of carbonyl (C=O) groups is 1. The van der Waals surface area contributed by atoms with Crippen LogP contribution >= 0.6 is 11.3 Å². The standard InChI is InChI=1S/C10H16N2O3S/c1-6-7(4-8(14)15)16-9(11-6)12-10(2,3)5-13/h13H,4-5H2,1-3H3,(H,11,12)(H,14,15). The summed E-state index contributed by atoms with van der Waals surface area (Å²) in [4.78, 5) is 15.6. The van der Waals surface area contributed by atoms with Crippen molar-refractivity contribution in [3.8, 4) is 0 Å². The quantitative estimate of drug-likeness (QED) is 0.726. The van der Waals surface area contributed by atoms with Gasteiger partial charge in [0.25, 0.3) is 0 Å². The van der Waals surface area contributed by atoms with Gasteiger partial charge >= 0.3 is 5.97 Å². The molecule has 1 aromatic heterocycles. The summed E-state index contributed by atoms with van der Waals surface area (Å²) in [5, 5.41) is 21.5. The number of rotatable bonds is 5. The van der Waals surface area contributed by atoms with Crippen LogP contribution in [-0.2, 0) is 11.2 Å². The zero-order chi connectivity index (χ0) is 12.3. The third-order valence-electron chi connectivity index (χ3n) is 2.05. The van der Waals surface area contributed by atoms with Crippen LogP contribution in [0.1, 0.15) is 24.4 Å². The molecule has 0 spiro atoms. The molecule has 1 aromatic rings. The highest BCUT2D eigenvalue weighted by molar-refractivity contribution is 7.15. The van der Waals surface area contributed by atoms with E-state index in [2.05, 4.69) is 10.3 Å². The van der Waals surface area contributed by atoms with E-state index < -0.39 is 11.5 Å². The number of hydrogen-bond acceptors (Lipinski definition) is 5. The number of hydrogen-bond donors (Lipinski definition) is 3. The normalized spacial score (nSPS) is 11.5. The number of nitrogens with one attached hydrogen (secondary N) is 1. The second kappa shape index (κ2) is 4.80. The fraction of sp³-hybridized carbons (Fsp3) is 0.600. The molecule has 1 heterocycles. The first-order valence-corrected chi connectivity index (χ1v) is 5.73. The number of thiazole rings is 1. The summed E-state index contributed by atoms with van der Waals surface area (Å²) in [5.74, 6) is -0.861. The van der Waals surface area contributed by atoms with Crippen LogP contribution in [0, 0.1) is 6.92 Å². The Labute approximate surface area is 98.1 Å². The summed E-state index contributed by atoms with van der Waals surface area (Å²) in [5.41, 5.74) is 0.272. The number of aryl methyl sites for hydroxylation is 1. The van der Waals surface area contributed by atoms with E-state index in [1.54, 1.807) is 6.92 Å². The summed E-state index contributed by atoms with van der Waals surface area (Å²) in [6, 6.07) is 0. The summed E-state index contributed by atoms with van der Waals surface area (Å²) in [7, 11) is 0. The molecular weight excluding hydrogens is 228 g/mol. The third-order valence-corrected chi connectivity index (χ3v) is 3.12. The summed E-state index contributed by atoms with van der Waals surface area (Å²) >= 11 is 1.32. The van der Waals surface area contributed by atoms with Crippen molar-refractivity contribution in [3.63, 3.8) is 0 Å². The second-order valence-corrected chi connectivity index (χ2v) is 5.35. The topological polar surface area (TPSA) is 82.5 Å². The van der Waals surface area contributed by atoms with E-state index in [0.29, 0.717) is 5.13 Å². The average Bonchev–Trinajstić information content (AvgIpc) is 2.45. The maximum Gasteiger partial charge on any atom is 0.308 e. The molecule has 0 aliphatic carbocycles. The molecule has 0 aliphatic heterocycles. The maximum absolute atomic E-state index is 10.6. The zero-order valence-corrected chi connectivity index (χ0v) is 10.4. The van der Waals surface area contributed by atoms with Crippen molar-refractivity contribution in [3.05, 3.63) is 10.6 Å². The van der Waals surface area contributed by atoms with E-state index in [0.717, 1.165) is 10.6 Å². The van der Waals surface area contributed by atoms with Gasteiger partial charge in [0.15, 0.2) is 5.13 Å². The highest BCUT2D eigenvalue weighted by Gasteiger charge is 2.19. The van der Waals surface area contributed by atoms with Crippen LogP contribution in [0.2, 0.25) is 0 Å². The smallest absolute Gasteiger partial charge is 0.308 e. The van der Waals surface area contributed by atoms with Crippen molar-refractivity contribution >= 4 is 22.4 Å². The van der Waals surface area contributed by atoms with Crippen molar-refractivity contribution < 1.29 is 15.0 Å². The van der Waals surface area contributed by atoms with Gasteiger partial charge in [-0.3, -0.25) is 4.79 Å². The minimum atomic E-state index is -0.861. The van der Waals surface area contributed by atoms with Gasteiger partial charge in [-0.15, -0.1) is 11.3 Å². The monoisotopic (exact) mass is 244 g/mol. The lowest BCUT2D eigenvalue weighted by Gasteiger charge is -2.22. The van der Waals surface area contributed by atoms with E-state index in [4.69, 9.17) is 10.2 Å². The molecule has 3 N–H and O–H groups in total. The first-order chi connectivity index (χ1) is 7.34. The molecule has 5 nitrogen and oxygen atoms in total. The van der Waals surface area contributed by atoms with Crippen molar-refractivity contribution in [2.75, 3.05) is 11.9 Å². The van der Waals surface area contributed by atoms with Crippen LogP contribution in [0.3, 0.4) is 0 Å². The lowest BCUT2D eigenvalue weighted by molar-refractivity contribution is -0.136. The zero-order valence-electron chi connectivity index (χ0n) is 9.57. The number of aliphatic carboxylic acids is 1. The number of anilines is 1. The first-order valence-electron chi connectivity index (χ1n) is 4.91. The van der Waals surface area contributed by atoms with Crippen LogP contribution < -0.4 is 5.32 Å². The van der Waals surface area contributed by atoms with Crippen molar-refractivity contribution in [1.29, 1.82) is 0 Å². The minimum absolute atomic E-state index is 0.00919. The molecule has 0 saturated heterocycles. The molecule has 0 aromatic carbocycles. The van der Waals surface area contributed by atoms with E-state index in [-0.39, 0.29) is 13.0 Å². The lowest BCUT2D eigenvalue weighted by Crippen LogP contribution is -2.34. The molecule has 0 saturated carbocycles. The highest BCUT2D eigenvalue weighted by atomic mass is 32.1. The lowest BCUT2D eigenvalue weighted by atomic mass is 10.1. The Kier molecular flexibility index (Phi) is 3.88. The molecule has 0 unspecified atom stereocenters. The van der Waals surface area contributed by atoms with Gasteiger partial charge in [-0.2, -0.15) is 0 Å². The Morgan fingerprint density at radius 1 is 1.56 bits per heavy atom. The molecule has 90 valence electrons. The Hall–Kier alpha value is -1.14. The van der Waals surface area contributed by atoms with Gasteiger partial charge < -0.3 is 15.5 Å². The maximum atomic E-state index is 10.6. The second-order valence-electron chi connectivity index (χ2n) is 4.27. The summed E-state index contributed by atoms with van der Waals surface area (Å²) < 4.78 is 0. The van der Waals surface area contributed by atoms with Gasteiger partial charge in [0.2, 0.25) is 0 Å². The van der Waals surface area contributed by atoms with E-state index >= 15 is 0 Å². The molecular formula is C10H16N2O3S. The Morgan fingerprint density at radius 3 is 2.69 bits per heavy atom. The van der Waals surface area contributed by atoms with E-state index in [1.807, 2.05) is 13.8 Å². The first kappa shape index (κ1) is 12.9. The highest BCUT2D eigenvalue weighted by Crippen LogP contribution is 2.25. The van der Waals surface area contributed by atoms with Crippen LogP contribution in [0.4, 0.5) is 5.13 Å². The Balaban J connectivity index is 2.80. The van der Waals surface area contributed by atoms with Crippen LogP contribution in [0.5, 0.6) is 0 Å². The molecule has 0 aliphatic rings. The molecule has 0 fully saturated rings. The Morgan fingerprint density at radius 2 is 2.19 bits per heavy atom. The molecule has 16 heavy (non-hydrogen) atoms. The predicted molar refractivity (Wildman–Crippen MR) is 63.0 cm³/mol. The van der Waals surface area contributed by atoms with E-state index in [1.165, 1.54) is 11.3 Å². The molecule has 0 amide bonds. The van der Waals surface area contributed by atoms with Gasteiger partial charge in [-0.25, -0.2) is 4.98 Å². The van der Waals surface area contributed by atoms with E-state index in [9.17, 15) is 4.79 Å². The average molecular weight is 244 g/mol. The number of aliphatic hydroxyl groups is 1. The van der Waals surface area contributed by atoms with Gasteiger partial charge in [-0.1, -0.05) is 0 Å². The Bertz CT molecular complexity index is 387. The van der Waals surface area contributed by atoms with Gasteiger partial charge in [0, 0.05) is 4.88 Å². The molecule has 0 radical (unpaired) electrons. The van der Waals surface area contributed by atoms with Crippen molar-refractivity contribution in [1.82, 2.24) is 4.98 Å². The molecule has 1 rings (SSSR count). The SMILES string of the molecule is Cc1nc(NC(C)(C)CO)sc1CC(=O)O. The number of aromatic nitrogens is 1. The fourth-order valence-electron chi connectivity index (χ4n) is 1.11.